The van der Waals surface area contributed by atoms with Crippen LogP contribution in [0.25, 0.3) is 0 Å². The van der Waals surface area contributed by atoms with Gasteiger partial charge in [-0.1, -0.05) is 31.5 Å². The van der Waals surface area contributed by atoms with E-state index in [4.69, 9.17) is 16.3 Å². The summed E-state index contributed by atoms with van der Waals surface area (Å²) < 4.78 is 19.9. The van der Waals surface area contributed by atoms with E-state index in [1.54, 1.807) is 12.1 Å². The number of benzene rings is 1. The van der Waals surface area contributed by atoms with Crippen molar-refractivity contribution in [2.75, 3.05) is 13.2 Å². The SMILES string of the molecule is CCNC(Cc1ccc(Cl)cc1F)C(C)(CC)OCC. The minimum Gasteiger partial charge on any atom is -0.374 e. The summed E-state index contributed by atoms with van der Waals surface area (Å²) in [6, 6.07) is 4.91. The summed E-state index contributed by atoms with van der Waals surface area (Å²) in [5.41, 5.74) is 0.358. The highest BCUT2D eigenvalue weighted by Crippen LogP contribution is 2.25. The molecule has 0 heterocycles. The van der Waals surface area contributed by atoms with Gasteiger partial charge in [-0.2, -0.15) is 0 Å². The zero-order chi connectivity index (χ0) is 15.2. The van der Waals surface area contributed by atoms with E-state index >= 15 is 0 Å². The van der Waals surface area contributed by atoms with Gasteiger partial charge in [0.25, 0.3) is 0 Å². The first kappa shape index (κ1) is 17.4. The highest BCUT2D eigenvalue weighted by molar-refractivity contribution is 6.30. The van der Waals surface area contributed by atoms with Crippen LogP contribution in [0.3, 0.4) is 0 Å². The van der Waals surface area contributed by atoms with Crippen molar-refractivity contribution in [3.8, 4) is 0 Å². The molecule has 20 heavy (non-hydrogen) atoms. The molecule has 1 aromatic rings. The second kappa shape index (κ2) is 7.96. The number of hydrogen-bond acceptors (Lipinski definition) is 2. The molecule has 1 rings (SSSR count). The van der Waals surface area contributed by atoms with Crippen LogP contribution in [0.4, 0.5) is 4.39 Å². The zero-order valence-electron chi connectivity index (χ0n) is 12.8. The van der Waals surface area contributed by atoms with E-state index in [1.807, 2.05) is 13.8 Å². The summed E-state index contributed by atoms with van der Waals surface area (Å²) in [7, 11) is 0. The van der Waals surface area contributed by atoms with E-state index in [-0.39, 0.29) is 17.5 Å². The molecule has 2 atom stereocenters. The van der Waals surface area contributed by atoms with Gasteiger partial charge in [-0.3, -0.25) is 0 Å². The smallest absolute Gasteiger partial charge is 0.127 e. The maximum atomic E-state index is 14.0. The average Bonchev–Trinajstić information content (AvgIpc) is 2.41. The second-order valence-electron chi connectivity index (χ2n) is 5.15. The van der Waals surface area contributed by atoms with E-state index in [0.717, 1.165) is 13.0 Å². The van der Waals surface area contributed by atoms with Gasteiger partial charge in [0.2, 0.25) is 0 Å². The van der Waals surface area contributed by atoms with Crippen LogP contribution in [0.2, 0.25) is 5.02 Å². The van der Waals surface area contributed by atoms with Gasteiger partial charge in [0.15, 0.2) is 0 Å². The van der Waals surface area contributed by atoms with Crippen molar-refractivity contribution in [2.24, 2.45) is 0 Å². The predicted octanol–water partition coefficient (Wildman–Crippen LogP) is 4.20. The molecule has 4 heteroatoms. The fourth-order valence-corrected chi connectivity index (χ4v) is 2.60. The maximum absolute atomic E-state index is 14.0. The maximum Gasteiger partial charge on any atom is 0.127 e. The number of hydrogen-bond donors (Lipinski definition) is 1. The minimum absolute atomic E-state index is 0.0631. The van der Waals surface area contributed by atoms with E-state index < -0.39 is 0 Å². The van der Waals surface area contributed by atoms with Gasteiger partial charge in [-0.15, -0.1) is 0 Å². The van der Waals surface area contributed by atoms with E-state index in [1.165, 1.54) is 6.07 Å². The molecule has 0 spiro atoms. The minimum atomic E-state index is -0.309. The highest BCUT2D eigenvalue weighted by atomic mass is 35.5. The first-order chi connectivity index (χ1) is 9.46. The van der Waals surface area contributed by atoms with Crippen molar-refractivity contribution < 1.29 is 9.13 Å². The van der Waals surface area contributed by atoms with E-state index in [2.05, 4.69) is 19.2 Å². The average molecular weight is 302 g/mol. The standard InChI is InChI=1S/C16H25ClFNO/c1-5-16(4,20-7-3)15(19-6-2)10-12-8-9-13(17)11-14(12)18/h8-9,11,15,19H,5-7,10H2,1-4H3. The van der Waals surface area contributed by atoms with Crippen LogP contribution in [0.15, 0.2) is 18.2 Å². The van der Waals surface area contributed by atoms with Gasteiger partial charge in [-0.05, 0) is 50.9 Å². The summed E-state index contributed by atoms with van der Waals surface area (Å²) in [6.07, 6.45) is 1.45. The van der Waals surface area contributed by atoms with Crippen molar-refractivity contribution in [1.29, 1.82) is 0 Å². The van der Waals surface area contributed by atoms with Crippen molar-refractivity contribution in [3.05, 3.63) is 34.6 Å². The Morgan fingerprint density at radius 1 is 1.35 bits per heavy atom. The molecule has 0 radical (unpaired) electrons. The largest absolute Gasteiger partial charge is 0.374 e. The summed E-state index contributed by atoms with van der Waals surface area (Å²) in [6.45, 7) is 9.68. The molecule has 0 bridgehead atoms. The summed E-state index contributed by atoms with van der Waals surface area (Å²) >= 11 is 5.80. The lowest BCUT2D eigenvalue weighted by Gasteiger charge is -2.37. The Bertz CT molecular complexity index is 427. The van der Waals surface area contributed by atoms with Crippen molar-refractivity contribution in [2.45, 2.75) is 52.2 Å². The molecule has 1 N–H and O–H groups in total. The predicted molar refractivity (Wildman–Crippen MR) is 82.9 cm³/mol. The third-order valence-corrected chi connectivity index (χ3v) is 4.04. The van der Waals surface area contributed by atoms with Gasteiger partial charge in [-0.25, -0.2) is 4.39 Å². The Balaban J connectivity index is 2.96. The topological polar surface area (TPSA) is 21.3 Å². The second-order valence-corrected chi connectivity index (χ2v) is 5.59. The normalized spacial score (nSPS) is 15.9. The van der Waals surface area contributed by atoms with Crippen LogP contribution in [-0.2, 0) is 11.2 Å². The van der Waals surface area contributed by atoms with Gasteiger partial charge in [0.1, 0.15) is 5.82 Å². The first-order valence-corrected chi connectivity index (χ1v) is 7.65. The quantitative estimate of drug-likeness (QED) is 0.777. The van der Waals surface area contributed by atoms with Gasteiger partial charge in [0, 0.05) is 17.7 Å². The number of likely N-dealkylation sites (N-methyl/N-ethyl adjacent to an activating group) is 1. The zero-order valence-corrected chi connectivity index (χ0v) is 13.6. The van der Waals surface area contributed by atoms with Crippen LogP contribution in [0, 0.1) is 5.82 Å². The first-order valence-electron chi connectivity index (χ1n) is 7.28. The summed E-state index contributed by atoms with van der Waals surface area (Å²) in [5, 5.41) is 3.85. The van der Waals surface area contributed by atoms with Crippen LogP contribution < -0.4 is 5.32 Å². The Labute approximate surface area is 126 Å². The van der Waals surface area contributed by atoms with Crippen molar-refractivity contribution >= 4 is 11.6 Å². The molecule has 0 aliphatic carbocycles. The lowest BCUT2D eigenvalue weighted by atomic mass is 9.88. The number of nitrogens with one attached hydrogen (secondary N) is 1. The molecule has 0 saturated heterocycles. The number of rotatable bonds is 8. The van der Waals surface area contributed by atoms with E-state index in [9.17, 15) is 4.39 Å². The monoisotopic (exact) mass is 301 g/mol. The van der Waals surface area contributed by atoms with Crippen LogP contribution in [-0.4, -0.2) is 24.8 Å². The molecule has 114 valence electrons. The third-order valence-electron chi connectivity index (χ3n) is 3.80. The van der Waals surface area contributed by atoms with Gasteiger partial charge in [0.05, 0.1) is 5.60 Å². The van der Waals surface area contributed by atoms with Crippen molar-refractivity contribution in [3.63, 3.8) is 0 Å². The Kier molecular flexibility index (Phi) is 6.93. The third kappa shape index (κ3) is 4.44. The Morgan fingerprint density at radius 2 is 2.05 bits per heavy atom. The molecule has 0 amide bonds. The molecule has 1 aromatic carbocycles. The fraction of sp³-hybridized carbons (Fsp3) is 0.625. The highest BCUT2D eigenvalue weighted by Gasteiger charge is 2.33. The fourth-order valence-electron chi connectivity index (χ4n) is 2.44. The Morgan fingerprint density at radius 3 is 2.55 bits per heavy atom. The van der Waals surface area contributed by atoms with Crippen molar-refractivity contribution in [1.82, 2.24) is 5.32 Å². The molecule has 2 unspecified atom stereocenters. The molecular formula is C16H25ClFNO. The van der Waals surface area contributed by atoms with Crippen LogP contribution in [0.5, 0.6) is 0 Å². The van der Waals surface area contributed by atoms with E-state index in [0.29, 0.717) is 23.6 Å². The van der Waals surface area contributed by atoms with Crippen LogP contribution in [0.1, 0.15) is 39.7 Å². The molecule has 0 aliphatic rings. The summed E-state index contributed by atoms with van der Waals surface area (Å²) in [5.74, 6) is -0.254. The van der Waals surface area contributed by atoms with Gasteiger partial charge >= 0.3 is 0 Å². The van der Waals surface area contributed by atoms with Crippen LogP contribution >= 0.6 is 11.6 Å². The molecule has 0 aliphatic heterocycles. The number of ether oxygens (including phenoxy) is 1. The molecule has 2 nitrogen and oxygen atoms in total. The lowest BCUT2D eigenvalue weighted by Crippen LogP contribution is -2.51. The molecule has 0 aromatic heterocycles. The summed E-state index contributed by atoms with van der Waals surface area (Å²) in [4.78, 5) is 0. The number of halogens is 2. The lowest BCUT2D eigenvalue weighted by molar-refractivity contribution is -0.0548. The Hall–Kier alpha value is -0.640. The van der Waals surface area contributed by atoms with Gasteiger partial charge < -0.3 is 10.1 Å². The molecular weight excluding hydrogens is 277 g/mol. The molecule has 0 saturated carbocycles. The molecule has 0 fully saturated rings.